The van der Waals surface area contributed by atoms with E-state index in [0.717, 1.165) is 0 Å². The zero-order valence-electron chi connectivity index (χ0n) is 8.60. The van der Waals surface area contributed by atoms with Crippen molar-refractivity contribution in [3.05, 3.63) is 0 Å². The predicted molar refractivity (Wildman–Crippen MR) is 50.5 cm³/mol. The van der Waals surface area contributed by atoms with E-state index < -0.39 is 24.0 Å². The van der Waals surface area contributed by atoms with Gasteiger partial charge >= 0.3 is 11.9 Å². The number of ether oxygens (including phenoxy) is 1. The number of hydrogen-bond donors (Lipinski definition) is 3. The molecule has 88 valence electrons. The Balaban J connectivity index is 3.73. The molecule has 0 spiro atoms. The fourth-order valence-corrected chi connectivity index (χ4v) is 0.798. The van der Waals surface area contributed by atoms with Gasteiger partial charge in [0, 0.05) is 13.0 Å². The number of aliphatic carboxylic acids is 2. The van der Waals surface area contributed by atoms with Crippen LogP contribution in [0.5, 0.6) is 0 Å². The minimum atomic E-state index is -1.32. The smallest absolute Gasteiger partial charge is 0.314 e. The molecule has 0 radical (unpaired) electrons. The second kappa shape index (κ2) is 6.36. The first-order valence-electron chi connectivity index (χ1n) is 4.56. The number of hydrogen-bond acceptors (Lipinski definition) is 4. The van der Waals surface area contributed by atoms with Gasteiger partial charge in [-0.3, -0.25) is 9.59 Å². The lowest BCUT2D eigenvalue weighted by molar-refractivity contribution is -0.155. The minimum absolute atomic E-state index is 0.0110. The van der Waals surface area contributed by atoms with E-state index in [1.54, 1.807) is 0 Å². The van der Waals surface area contributed by atoms with Gasteiger partial charge in [0.25, 0.3) is 0 Å². The molecule has 0 aliphatic heterocycles. The van der Waals surface area contributed by atoms with Gasteiger partial charge in [-0.2, -0.15) is 0 Å². The van der Waals surface area contributed by atoms with E-state index in [9.17, 15) is 9.59 Å². The molecule has 6 nitrogen and oxygen atoms in total. The van der Waals surface area contributed by atoms with Crippen LogP contribution in [0.4, 0.5) is 0 Å². The van der Waals surface area contributed by atoms with Crippen molar-refractivity contribution in [2.75, 3.05) is 19.8 Å². The molecule has 3 N–H and O–H groups in total. The van der Waals surface area contributed by atoms with Crippen LogP contribution in [0.2, 0.25) is 0 Å². The fourth-order valence-electron chi connectivity index (χ4n) is 0.798. The number of carboxylic acid groups (broad SMARTS) is 2. The molecular weight excluding hydrogens is 204 g/mol. The van der Waals surface area contributed by atoms with E-state index in [0.29, 0.717) is 6.42 Å². The lowest BCUT2D eigenvalue weighted by Gasteiger charge is -2.21. The Morgan fingerprint density at radius 2 is 1.93 bits per heavy atom. The Hall–Kier alpha value is -1.14. The van der Waals surface area contributed by atoms with Gasteiger partial charge in [0.15, 0.2) is 0 Å². The topological polar surface area (TPSA) is 104 Å². The molecule has 0 bridgehead atoms. The summed E-state index contributed by atoms with van der Waals surface area (Å²) < 4.78 is 5.00. The molecule has 0 aromatic carbocycles. The Kier molecular flexibility index (Phi) is 5.88. The van der Waals surface area contributed by atoms with Gasteiger partial charge in [-0.15, -0.1) is 0 Å². The second-order valence-electron chi connectivity index (χ2n) is 3.57. The summed E-state index contributed by atoms with van der Waals surface area (Å²) in [5.74, 6) is -2.05. The van der Waals surface area contributed by atoms with Gasteiger partial charge in [0.2, 0.25) is 0 Å². The summed E-state index contributed by atoms with van der Waals surface area (Å²) in [6, 6.07) is 0. The summed E-state index contributed by atoms with van der Waals surface area (Å²) >= 11 is 0. The highest BCUT2D eigenvalue weighted by atomic mass is 16.5. The van der Waals surface area contributed by atoms with Crippen molar-refractivity contribution >= 4 is 11.9 Å². The molecule has 0 saturated heterocycles. The molecule has 0 heterocycles. The maximum absolute atomic E-state index is 10.7. The average Bonchev–Trinajstić information content (AvgIpc) is 2.16. The minimum Gasteiger partial charge on any atom is -0.481 e. The normalized spacial score (nSPS) is 14.5. The third-order valence-electron chi connectivity index (χ3n) is 1.97. The van der Waals surface area contributed by atoms with Crippen LogP contribution >= 0.6 is 0 Å². The van der Waals surface area contributed by atoms with Crippen LogP contribution < -0.4 is 0 Å². The van der Waals surface area contributed by atoms with Gasteiger partial charge in [0.05, 0.1) is 13.2 Å². The number of rotatable bonds is 8. The standard InChI is InChI=1S/C9H16O6/c1-9(5-10,8(13)14)6-15-4-2-3-7(11)12/h10H,2-6H2,1H3,(H,11,12)(H,13,14). The first kappa shape index (κ1) is 13.9. The summed E-state index contributed by atoms with van der Waals surface area (Å²) in [5, 5.41) is 25.9. The molecule has 0 aliphatic carbocycles. The molecule has 1 atom stereocenters. The molecule has 0 saturated carbocycles. The van der Waals surface area contributed by atoms with Crippen LogP contribution in [0.1, 0.15) is 19.8 Å². The summed E-state index contributed by atoms with van der Waals surface area (Å²) in [6.07, 6.45) is 0.319. The van der Waals surface area contributed by atoms with Crippen LogP contribution in [0, 0.1) is 5.41 Å². The summed E-state index contributed by atoms with van der Waals surface area (Å²) in [7, 11) is 0. The van der Waals surface area contributed by atoms with Crippen molar-refractivity contribution in [1.29, 1.82) is 0 Å². The molecule has 0 aromatic rings. The molecule has 0 fully saturated rings. The number of carbonyl (C=O) groups is 2. The summed E-state index contributed by atoms with van der Waals surface area (Å²) in [6.45, 7) is 0.904. The SMILES string of the molecule is CC(CO)(COCCCC(=O)O)C(=O)O. The molecule has 0 aromatic heterocycles. The number of aliphatic hydroxyl groups is 1. The third-order valence-corrected chi connectivity index (χ3v) is 1.97. The van der Waals surface area contributed by atoms with Crippen molar-refractivity contribution in [2.45, 2.75) is 19.8 Å². The molecule has 15 heavy (non-hydrogen) atoms. The van der Waals surface area contributed by atoms with E-state index in [1.807, 2.05) is 0 Å². The lowest BCUT2D eigenvalue weighted by atomic mass is 9.93. The summed E-state index contributed by atoms with van der Waals surface area (Å²) in [5.41, 5.74) is -1.32. The van der Waals surface area contributed by atoms with Crippen molar-refractivity contribution in [3.63, 3.8) is 0 Å². The maximum atomic E-state index is 10.7. The molecule has 0 rings (SSSR count). The van der Waals surface area contributed by atoms with Crippen LogP contribution in [-0.2, 0) is 14.3 Å². The molecule has 0 amide bonds. The van der Waals surface area contributed by atoms with Crippen molar-refractivity contribution in [3.8, 4) is 0 Å². The maximum Gasteiger partial charge on any atom is 0.314 e. The van der Waals surface area contributed by atoms with E-state index in [-0.39, 0.29) is 19.6 Å². The van der Waals surface area contributed by atoms with Gasteiger partial charge in [-0.05, 0) is 13.3 Å². The lowest BCUT2D eigenvalue weighted by Crippen LogP contribution is -2.36. The van der Waals surface area contributed by atoms with E-state index in [4.69, 9.17) is 20.1 Å². The highest BCUT2D eigenvalue weighted by Crippen LogP contribution is 2.16. The van der Waals surface area contributed by atoms with Crippen LogP contribution in [0.25, 0.3) is 0 Å². The van der Waals surface area contributed by atoms with Gasteiger partial charge in [0.1, 0.15) is 5.41 Å². The van der Waals surface area contributed by atoms with Crippen molar-refractivity contribution in [2.24, 2.45) is 5.41 Å². The number of carboxylic acids is 2. The van der Waals surface area contributed by atoms with Crippen LogP contribution in [0.15, 0.2) is 0 Å². The Labute approximate surface area is 87.5 Å². The van der Waals surface area contributed by atoms with Crippen molar-refractivity contribution in [1.82, 2.24) is 0 Å². The third kappa shape index (κ3) is 5.34. The molecular formula is C9H16O6. The Bertz CT molecular complexity index is 227. The van der Waals surface area contributed by atoms with Gasteiger partial charge in [-0.1, -0.05) is 0 Å². The van der Waals surface area contributed by atoms with Crippen LogP contribution in [0.3, 0.4) is 0 Å². The molecule has 6 heteroatoms. The largest absolute Gasteiger partial charge is 0.481 e. The average molecular weight is 220 g/mol. The Morgan fingerprint density at radius 1 is 1.33 bits per heavy atom. The second-order valence-corrected chi connectivity index (χ2v) is 3.57. The van der Waals surface area contributed by atoms with Gasteiger partial charge < -0.3 is 20.1 Å². The van der Waals surface area contributed by atoms with Crippen molar-refractivity contribution < 1.29 is 29.6 Å². The van der Waals surface area contributed by atoms with Gasteiger partial charge in [-0.25, -0.2) is 0 Å². The Morgan fingerprint density at radius 3 is 2.33 bits per heavy atom. The fraction of sp³-hybridized carbons (Fsp3) is 0.778. The monoisotopic (exact) mass is 220 g/mol. The quantitative estimate of drug-likeness (QED) is 0.495. The predicted octanol–water partition coefficient (Wildman–Crippen LogP) is -0.0490. The first-order chi connectivity index (χ1) is 6.92. The zero-order valence-corrected chi connectivity index (χ0v) is 8.60. The van der Waals surface area contributed by atoms with E-state index >= 15 is 0 Å². The molecule has 0 aliphatic rings. The first-order valence-corrected chi connectivity index (χ1v) is 4.56. The summed E-state index contributed by atoms with van der Waals surface area (Å²) in [4.78, 5) is 20.8. The highest BCUT2D eigenvalue weighted by molar-refractivity contribution is 5.74. The van der Waals surface area contributed by atoms with Crippen LogP contribution in [-0.4, -0.2) is 47.1 Å². The highest BCUT2D eigenvalue weighted by Gasteiger charge is 2.32. The van der Waals surface area contributed by atoms with E-state index in [1.165, 1.54) is 6.92 Å². The number of aliphatic hydroxyl groups excluding tert-OH is 1. The molecule has 1 unspecified atom stereocenters. The van der Waals surface area contributed by atoms with E-state index in [2.05, 4.69) is 0 Å². The zero-order chi connectivity index (χ0) is 11.9.